The SMILES string of the molecule is CCOC(=O)c1nn(-c2ccc(Cl)cc2Cl)c(-c2ccc(Br)s2)c1C. The molecule has 0 spiro atoms. The van der Waals surface area contributed by atoms with Gasteiger partial charge >= 0.3 is 5.97 Å². The van der Waals surface area contributed by atoms with E-state index in [1.165, 1.54) is 0 Å². The third-order valence-corrected chi connectivity index (χ3v) is 5.70. The topological polar surface area (TPSA) is 44.1 Å². The molecule has 2 heterocycles. The van der Waals surface area contributed by atoms with Crippen LogP contribution in [-0.2, 0) is 4.74 Å². The van der Waals surface area contributed by atoms with Gasteiger partial charge in [-0.2, -0.15) is 5.10 Å². The van der Waals surface area contributed by atoms with Crippen molar-refractivity contribution < 1.29 is 9.53 Å². The van der Waals surface area contributed by atoms with Crippen molar-refractivity contribution in [1.29, 1.82) is 0 Å². The summed E-state index contributed by atoms with van der Waals surface area (Å²) in [5.74, 6) is -0.458. The standard InChI is InChI=1S/C17H13BrCl2N2O2S/c1-3-24-17(23)15-9(2)16(13-6-7-14(18)25-13)22(21-15)12-5-4-10(19)8-11(12)20/h4-8H,3H2,1-2H3. The van der Waals surface area contributed by atoms with Crippen molar-refractivity contribution in [2.45, 2.75) is 13.8 Å². The van der Waals surface area contributed by atoms with Crippen LogP contribution >= 0.6 is 50.5 Å². The van der Waals surface area contributed by atoms with Crippen molar-refractivity contribution in [3.05, 3.63) is 55.4 Å². The fourth-order valence-corrected chi connectivity index (χ4v) is 4.41. The fourth-order valence-electron chi connectivity index (χ4n) is 2.45. The van der Waals surface area contributed by atoms with Gasteiger partial charge in [-0.1, -0.05) is 23.2 Å². The number of rotatable bonds is 4. The summed E-state index contributed by atoms with van der Waals surface area (Å²) >= 11 is 17.4. The number of carbonyl (C=O) groups is 1. The Morgan fingerprint density at radius 3 is 2.68 bits per heavy atom. The largest absolute Gasteiger partial charge is 0.461 e. The Labute approximate surface area is 167 Å². The van der Waals surface area contributed by atoms with Gasteiger partial charge in [-0.15, -0.1) is 11.3 Å². The lowest BCUT2D eigenvalue weighted by Gasteiger charge is -2.09. The normalized spacial score (nSPS) is 10.9. The quantitative estimate of drug-likeness (QED) is 0.439. The van der Waals surface area contributed by atoms with Gasteiger partial charge in [-0.05, 0) is 60.1 Å². The molecule has 1 aromatic carbocycles. The molecule has 0 unspecified atom stereocenters. The van der Waals surface area contributed by atoms with E-state index in [-0.39, 0.29) is 12.3 Å². The zero-order valence-electron chi connectivity index (χ0n) is 13.3. The second-order valence-electron chi connectivity index (χ2n) is 5.15. The summed E-state index contributed by atoms with van der Waals surface area (Å²) in [5, 5.41) is 5.46. The maximum absolute atomic E-state index is 12.3. The number of aromatic nitrogens is 2. The van der Waals surface area contributed by atoms with Gasteiger partial charge in [0.2, 0.25) is 0 Å². The lowest BCUT2D eigenvalue weighted by atomic mass is 10.1. The van der Waals surface area contributed by atoms with Gasteiger partial charge in [0.25, 0.3) is 0 Å². The van der Waals surface area contributed by atoms with E-state index in [9.17, 15) is 4.79 Å². The lowest BCUT2D eigenvalue weighted by molar-refractivity contribution is 0.0518. The molecule has 0 saturated carbocycles. The van der Waals surface area contributed by atoms with Crippen LogP contribution in [-0.4, -0.2) is 22.4 Å². The predicted molar refractivity (Wildman–Crippen MR) is 105 cm³/mol. The zero-order valence-corrected chi connectivity index (χ0v) is 17.3. The molecule has 130 valence electrons. The van der Waals surface area contributed by atoms with Crippen LogP contribution in [0.25, 0.3) is 16.3 Å². The van der Waals surface area contributed by atoms with E-state index in [4.69, 9.17) is 27.9 Å². The van der Waals surface area contributed by atoms with E-state index < -0.39 is 5.97 Å². The molecule has 0 atom stereocenters. The Morgan fingerprint density at radius 1 is 1.32 bits per heavy atom. The van der Waals surface area contributed by atoms with Gasteiger partial charge < -0.3 is 4.74 Å². The first-order valence-corrected chi connectivity index (χ1v) is 9.76. The van der Waals surface area contributed by atoms with Crippen LogP contribution in [0, 0.1) is 6.92 Å². The highest BCUT2D eigenvalue weighted by molar-refractivity contribution is 9.11. The maximum Gasteiger partial charge on any atom is 0.359 e. The fraction of sp³-hybridized carbons (Fsp3) is 0.176. The number of benzene rings is 1. The Hall–Kier alpha value is -1.34. The molecule has 3 rings (SSSR count). The summed E-state index contributed by atoms with van der Waals surface area (Å²) in [5.41, 5.74) is 2.44. The van der Waals surface area contributed by atoms with Gasteiger partial charge in [0.15, 0.2) is 5.69 Å². The molecule has 0 bridgehead atoms. The third-order valence-electron chi connectivity index (χ3n) is 3.54. The van der Waals surface area contributed by atoms with Gasteiger partial charge in [0, 0.05) is 10.6 Å². The van der Waals surface area contributed by atoms with Crippen molar-refractivity contribution in [2.24, 2.45) is 0 Å². The van der Waals surface area contributed by atoms with Crippen LogP contribution in [0.5, 0.6) is 0 Å². The van der Waals surface area contributed by atoms with E-state index in [2.05, 4.69) is 21.0 Å². The second kappa shape index (κ2) is 7.50. The van der Waals surface area contributed by atoms with E-state index in [0.717, 1.165) is 19.9 Å². The lowest BCUT2D eigenvalue weighted by Crippen LogP contribution is -2.07. The monoisotopic (exact) mass is 458 g/mol. The summed E-state index contributed by atoms with van der Waals surface area (Å²) in [6.45, 7) is 3.90. The Kier molecular flexibility index (Phi) is 5.53. The summed E-state index contributed by atoms with van der Waals surface area (Å²) in [6, 6.07) is 9.07. The van der Waals surface area contributed by atoms with Crippen LogP contribution < -0.4 is 0 Å². The number of ether oxygens (including phenoxy) is 1. The van der Waals surface area contributed by atoms with Crippen molar-refractivity contribution in [3.8, 4) is 16.3 Å². The average Bonchev–Trinajstić information content (AvgIpc) is 3.11. The Morgan fingerprint density at radius 2 is 2.08 bits per heavy atom. The molecular formula is C17H13BrCl2N2O2S. The van der Waals surface area contributed by atoms with Crippen molar-refractivity contribution in [2.75, 3.05) is 6.61 Å². The van der Waals surface area contributed by atoms with Gasteiger partial charge in [0.1, 0.15) is 0 Å². The predicted octanol–water partition coefficient (Wildman–Crippen LogP) is 6.16. The first-order valence-electron chi connectivity index (χ1n) is 7.40. The first-order chi connectivity index (χ1) is 11.9. The molecule has 0 radical (unpaired) electrons. The molecule has 0 aliphatic rings. The average molecular weight is 460 g/mol. The van der Waals surface area contributed by atoms with Crippen LogP contribution in [0.2, 0.25) is 10.0 Å². The minimum atomic E-state index is -0.458. The smallest absolute Gasteiger partial charge is 0.359 e. The highest BCUT2D eigenvalue weighted by Gasteiger charge is 2.24. The maximum atomic E-state index is 12.3. The molecule has 0 fully saturated rings. The van der Waals surface area contributed by atoms with Gasteiger partial charge in [-0.3, -0.25) is 0 Å². The summed E-state index contributed by atoms with van der Waals surface area (Å²) in [6.07, 6.45) is 0. The van der Waals surface area contributed by atoms with Crippen LogP contribution in [0.15, 0.2) is 34.1 Å². The van der Waals surface area contributed by atoms with Crippen molar-refractivity contribution in [1.82, 2.24) is 9.78 Å². The van der Waals surface area contributed by atoms with E-state index in [1.807, 2.05) is 19.1 Å². The Bertz CT molecular complexity index is 952. The number of hydrogen-bond donors (Lipinski definition) is 0. The molecule has 3 aromatic rings. The molecule has 0 aliphatic heterocycles. The zero-order chi connectivity index (χ0) is 18.1. The summed E-state index contributed by atoms with van der Waals surface area (Å²) < 4.78 is 7.77. The molecule has 4 nitrogen and oxygen atoms in total. The molecule has 0 N–H and O–H groups in total. The third kappa shape index (κ3) is 3.62. The van der Waals surface area contributed by atoms with Crippen molar-refractivity contribution in [3.63, 3.8) is 0 Å². The number of thiophene rings is 1. The van der Waals surface area contributed by atoms with Crippen LogP contribution in [0.4, 0.5) is 0 Å². The van der Waals surface area contributed by atoms with Crippen LogP contribution in [0.3, 0.4) is 0 Å². The first kappa shape index (κ1) is 18.5. The van der Waals surface area contributed by atoms with E-state index in [1.54, 1.807) is 41.1 Å². The van der Waals surface area contributed by atoms with Crippen molar-refractivity contribution >= 4 is 56.4 Å². The molecule has 25 heavy (non-hydrogen) atoms. The molecule has 2 aromatic heterocycles. The Balaban J connectivity index is 2.25. The summed E-state index contributed by atoms with van der Waals surface area (Å²) in [4.78, 5) is 13.2. The minimum absolute atomic E-state index is 0.271. The number of carbonyl (C=O) groups excluding carboxylic acids is 1. The number of nitrogens with zero attached hydrogens (tertiary/aromatic N) is 2. The van der Waals surface area contributed by atoms with Gasteiger partial charge in [0.05, 0.1) is 31.7 Å². The molecule has 0 amide bonds. The molecule has 8 heteroatoms. The number of halogens is 3. The minimum Gasteiger partial charge on any atom is -0.461 e. The number of hydrogen-bond acceptors (Lipinski definition) is 4. The molecular weight excluding hydrogens is 447 g/mol. The molecule has 0 aliphatic carbocycles. The second-order valence-corrected chi connectivity index (χ2v) is 8.46. The molecule has 0 saturated heterocycles. The highest BCUT2D eigenvalue weighted by atomic mass is 79.9. The van der Waals surface area contributed by atoms with Gasteiger partial charge in [-0.25, -0.2) is 9.48 Å². The highest BCUT2D eigenvalue weighted by Crippen LogP contribution is 2.37. The summed E-state index contributed by atoms with van der Waals surface area (Å²) in [7, 11) is 0. The van der Waals surface area contributed by atoms with E-state index in [0.29, 0.717) is 15.7 Å². The van der Waals surface area contributed by atoms with E-state index >= 15 is 0 Å². The van der Waals surface area contributed by atoms with Crippen LogP contribution in [0.1, 0.15) is 23.0 Å². The number of esters is 1.